The van der Waals surface area contributed by atoms with Crippen molar-refractivity contribution in [3.8, 4) is 11.5 Å². The molecule has 0 aliphatic carbocycles. The van der Waals surface area contributed by atoms with E-state index in [1.807, 2.05) is 25.1 Å². The molecule has 4 nitrogen and oxygen atoms in total. The molecule has 4 heteroatoms. The molecule has 0 bridgehead atoms. The van der Waals surface area contributed by atoms with Gasteiger partial charge in [0.25, 0.3) is 0 Å². The SMILES string of the molecule is CCOc1cc(CCON)ccc1OC. The van der Waals surface area contributed by atoms with Crippen molar-refractivity contribution in [2.24, 2.45) is 5.90 Å². The fourth-order valence-corrected chi connectivity index (χ4v) is 1.32. The summed E-state index contributed by atoms with van der Waals surface area (Å²) in [4.78, 5) is 4.53. The summed E-state index contributed by atoms with van der Waals surface area (Å²) < 4.78 is 10.6. The Morgan fingerprint density at radius 1 is 1.27 bits per heavy atom. The normalized spacial score (nSPS) is 10.1. The molecule has 0 heterocycles. The first-order valence-corrected chi connectivity index (χ1v) is 4.93. The fraction of sp³-hybridized carbons (Fsp3) is 0.455. The van der Waals surface area contributed by atoms with E-state index in [0.29, 0.717) is 13.2 Å². The van der Waals surface area contributed by atoms with Gasteiger partial charge in [-0.05, 0) is 31.0 Å². The molecule has 0 atom stereocenters. The molecule has 1 rings (SSSR count). The van der Waals surface area contributed by atoms with Gasteiger partial charge in [-0.1, -0.05) is 6.07 Å². The van der Waals surface area contributed by atoms with Crippen LogP contribution in [0.2, 0.25) is 0 Å². The lowest BCUT2D eigenvalue weighted by molar-refractivity contribution is 0.141. The maximum Gasteiger partial charge on any atom is 0.161 e. The topological polar surface area (TPSA) is 53.7 Å². The molecule has 0 radical (unpaired) electrons. The van der Waals surface area contributed by atoms with Crippen LogP contribution in [-0.2, 0) is 11.3 Å². The van der Waals surface area contributed by atoms with E-state index in [9.17, 15) is 0 Å². The first-order valence-electron chi connectivity index (χ1n) is 4.93. The van der Waals surface area contributed by atoms with Crippen LogP contribution >= 0.6 is 0 Å². The van der Waals surface area contributed by atoms with Crippen LogP contribution in [0.4, 0.5) is 0 Å². The molecule has 1 aromatic carbocycles. The van der Waals surface area contributed by atoms with Gasteiger partial charge in [0.1, 0.15) is 0 Å². The number of hydrogen-bond donors (Lipinski definition) is 1. The first kappa shape index (κ1) is 11.8. The molecule has 0 unspecified atom stereocenters. The fourth-order valence-electron chi connectivity index (χ4n) is 1.32. The van der Waals surface area contributed by atoms with E-state index in [4.69, 9.17) is 15.4 Å². The van der Waals surface area contributed by atoms with E-state index in [2.05, 4.69) is 4.84 Å². The Balaban J connectivity index is 2.79. The summed E-state index contributed by atoms with van der Waals surface area (Å²) in [5.74, 6) is 6.48. The van der Waals surface area contributed by atoms with Crippen molar-refractivity contribution in [1.82, 2.24) is 0 Å². The standard InChI is InChI=1S/C11H17NO3/c1-3-14-11-8-9(6-7-15-12)4-5-10(11)13-2/h4-5,8H,3,6-7,12H2,1-2H3. The number of benzene rings is 1. The predicted octanol–water partition coefficient (Wildman–Crippen LogP) is 1.53. The van der Waals surface area contributed by atoms with E-state index in [-0.39, 0.29) is 0 Å². The van der Waals surface area contributed by atoms with Crippen LogP contribution in [0.15, 0.2) is 18.2 Å². The van der Waals surface area contributed by atoms with Gasteiger partial charge in [0.05, 0.1) is 20.3 Å². The third kappa shape index (κ3) is 3.42. The molecule has 15 heavy (non-hydrogen) atoms. The maximum atomic E-state index is 5.45. The minimum absolute atomic E-state index is 0.498. The van der Waals surface area contributed by atoms with Gasteiger partial charge in [-0.25, -0.2) is 5.90 Å². The van der Waals surface area contributed by atoms with Crippen molar-refractivity contribution >= 4 is 0 Å². The lowest BCUT2D eigenvalue weighted by atomic mass is 10.1. The number of methoxy groups -OCH3 is 1. The molecule has 84 valence electrons. The van der Waals surface area contributed by atoms with Crippen molar-refractivity contribution in [3.63, 3.8) is 0 Å². The van der Waals surface area contributed by atoms with Crippen LogP contribution in [-0.4, -0.2) is 20.3 Å². The van der Waals surface area contributed by atoms with Gasteiger partial charge in [-0.15, -0.1) is 0 Å². The number of ether oxygens (including phenoxy) is 2. The minimum atomic E-state index is 0.498. The van der Waals surface area contributed by atoms with Gasteiger partial charge in [-0.3, -0.25) is 0 Å². The molecule has 0 spiro atoms. The summed E-state index contributed by atoms with van der Waals surface area (Å²) in [6.07, 6.45) is 0.764. The zero-order valence-electron chi connectivity index (χ0n) is 9.16. The quantitative estimate of drug-likeness (QED) is 0.725. The minimum Gasteiger partial charge on any atom is -0.493 e. The maximum absolute atomic E-state index is 5.45. The molecule has 0 fully saturated rings. The highest BCUT2D eigenvalue weighted by Gasteiger charge is 2.04. The molecular weight excluding hydrogens is 194 g/mol. The first-order chi connectivity index (χ1) is 7.31. The van der Waals surface area contributed by atoms with Crippen LogP contribution in [0.5, 0.6) is 11.5 Å². The smallest absolute Gasteiger partial charge is 0.161 e. The molecule has 0 saturated carbocycles. The summed E-state index contributed by atoms with van der Waals surface area (Å²) >= 11 is 0. The van der Waals surface area contributed by atoms with Crippen LogP contribution < -0.4 is 15.4 Å². The summed E-state index contributed by atoms with van der Waals surface area (Å²) in [5.41, 5.74) is 1.12. The highest BCUT2D eigenvalue weighted by atomic mass is 16.6. The van der Waals surface area contributed by atoms with E-state index in [1.54, 1.807) is 7.11 Å². The zero-order chi connectivity index (χ0) is 11.1. The summed E-state index contributed by atoms with van der Waals surface area (Å²) in [6.45, 7) is 3.06. The molecule has 1 aromatic rings. The van der Waals surface area contributed by atoms with Crippen molar-refractivity contribution in [2.45, 2.75) is 13.3 Å². The van der Waals surface area contributed by atoms with E-state index in [1.165, 1.54) is 0 Å². The Hall–Kier alpha value is -1.26. The van der Waals surface area contributed by atoms with Crippen LogP contribution in [0.25, 0.3) is 0 Å². The number of hydrogen-bond acceptors (Lipinski definition) is 4. The molecule has 0 amide bonds. The molecular formula is C11H17NO3. The van der Waals surface area contributed by atoms with Gasteiger partial charge in [0.15, 0.2) is 11.5 Å². The Kier molecular flexibility index (Phi) is 4.93. The largest absolute Gasteiger partial charge is 0.493 e. The zero-order valence-corrected chi connectivity index (χ0v) is 9.16. The van der Waals surface area contributed by atoms with Crippen molar-refractivity contribution < 1.29 is 14.3 Å². The summed E-state index contributed by atoms with van der Waals surface area (Å²) in [7, 11) is 1.63. The highest BCUT2D eigenvalue weighted by molar-refractivity contribution is 5.43. The van der Waals surface area contributed by atoms with E-state index < -0.39 is 0 Å². The van der Waals surface area contributed by atoms with Crippen LogP contribution in [0, 0.1) is 0 Å². The van der Waals surface area contributed by atoms with Gasteiger partial charge in [-0.2, -0.15) is 0 Å². The van der Waals surface area contributed by atoms with Crippen molar-refractivity contribution in [1.29, 1.82) is 0 Å². The summed E-state index contributed by atoms with van der Waals surface area (Å²) in [5, 5.41) is 0. The third-order valence-electron chi connectivity index (χ3n) is 2.04. The monoisotopic (exact) mass is 211 g/mol. The van der Waals surface area contributed by atoms with Crippen molar-refractivity contribution in [2.75, 3.05) is 20.3 Å². The van der Waals surface area contributed by atoms with E-state index in [0.717, 1.165) is 23.5 Å². The van der Waals surface area contributed by atoms with Gasteiger partial charge >= 0.3 is 0 Å². The predicted molar refractivity (Wildman–Crippen MR) is 58.0 cm³/mol. The van der Waals surface area contributed by atoms with Gasteiger partial charge in [0, 0.05) is 0 Å². The third-order valence-corrected chi connectivity index (χ3v) is 2.04. The Morgan fingerprint density at radius 3 is 2.67 bits per heavy atom. The van der Waals surface area contributed by atoms with E-state index >= 15 is 0 Å². The molecule has 0 aromatic heterocycles. The second-order valence-electron chi connectivity index (χ2n) is 3.04. The van der Waals surface area contributed by atoms with Gasteiger partial charge in [0.2, 0.25) is 0 Å². The second-order valence-corrected chi connectivity index (χ2v) is 3.04. The lowest BCUT2D eigenvalue weighted by Crippen LogP contribution is -2.04. The molecule has 0 aliphatic heterocycles. The summed E-state index contributed by atoms with van der Waals surface area (Å²) in [6, 6.07) is 5.80. The average molecular weight is 211 g/mol. The number of rotatable bonds is 6. The second kappa shape index (κ2) is 6.27. The highest BCUT2D eigenvalue weighted by Crippen LogP contribution is 2.28. The average Bonchev–Trinajstić information content (AvgIpc) is 2.27. The van der Waals surface area contributed by atoms with Crippen LogP contribution in [0.3, 0.4) is 0 Å². The molecule has 0 aliphatic rings. The Morgan fingerprint density at radius 2 is 2.07 bits per heavy atom. The van der Waals surface area contributed by atoms with Crippen LogP contribution in [0.1, 0.15) is 12.5 Å². The lowest BCUT2D eigenvalue weighted by Gasteiger charge is -2.10. The van der Waals surface area contributed by atoms with Crippen molar-refractivity contribution in [3.05, 3.63) is 23.8 Å². The Labute approximate surface area is 89.9 Å². The molecule has 0 saturated heterocycles. The molecule has 2 N–H and O–H groups in total. The Bertz CT molecular complexity index is 302. The number of nitrogens with two attached hydrogens (primary N) is 1. The van der Waals surface area contributed by atoms with Gasteiger partial charge < -0.3 is 14.3 Å².